The first-order valence-corrected chi connectivity index (χ1v) is 9.52. The first-order chi connectivity index (χ1) is 13.1. The fourth-order valence-electron chi connectivity index (χ4n) is 3.36. The lowest BCUT2D eigenvalue weighted by Crippen LogP contribution is -2.42. The Morgan fingerprint density at radius 3 is 2.37 bits per heavy atom. The molecular formula is C22H27N3O2. The lowest BCUT2D eigenvalue weighted by Gasteiger charge is -2.22. The summed E-state index contributed by atoms with van der Waals surface area (Å²) in [5, 5.41) is 2.97. The van der Waals surface area contributed by atoms with Gasteiger partial charge in [-0.05, 0) is 24.5 Å². The van der Waals surface area contributed by atoms with Crippen LogP contribution in [0.4, 0.5) is 4.79 Å². The second kappa shape index (κ2) is 9.21. The number of hydrogen-bond donors (Lipinski definition) is 1. The third-order valence-corrected chi connectivity index (χ3v) is 4.86. The topological polar surface area (TPSA) is 52.7 Å². The molecule has 3 amide bonds. The number of urea groups is 1. The number of nitrogens with zero attached hydrogens (tertiary/aromatic N) is 2. The maximum absolute atomic E-state index is 12.6. The Hall–Kier alpha value is -2.82. The van der Waals surface area contributed by atoms with Crippen molar-refractivity contribution in [1.29, 1.82) is 0 Å². The second-order valence-electron chi connectivity index (χ2n) is 7.03. The lowest BCUT2D eigenvalue weighted by molar-refractivity contribution is -0.130. The van der Waals surface area contributed by atoms with Crippen LogP contribution in [-0.4, -0.2) is 47.9 Å². The molecule has 5 nitrogen and oxygen atoms in total. The second-order valence-corrected chi connectivity index (χ2v) is 7.03. The van der Waals surface area contributed by atoms with Crippen molar-refractivity contribution in [3.05, 3.63) is 71.3 Å². The summed E-state index contributed by atoms with van der Waals surface area (Å²) in [6.45, 7) is 5.09. The van der Waals surface area contributed by atoms with Gasteiger partial charge in [0.1, 0.15) is 0 Å². The molecule has 1 saturated heterocycles. The van der Waals surface area contributed by atoms with Crippen LogP contribution < -0.4 is 5.32 Å². The van der Waals surface area contributed by atoms with E-state index in [2.05, 4.69) is 11.4 Å². The SMILES string of the molecule is Cc1cccc(CC(=O)N2CCCN(C(=O)NCc3ccccc3)CC2)c1. The van der Waals surface area contributed by atoms with E-state index in [9.17, 15) is 9.59 Å². The molecule has 1 N–H and O–H groups in total. The molecule has 1 aliphatic rings. The van der Waals surface area contributed by atoms with Crippen LogP contribution in [0.25, 0.3) is 0 Å². The van der Waals surface area contributed by atoms with E-state index in [1.807, 2.05) is 65.3 Å². The van der Waals surface area contributed by atoms with Gasteiger partial charge in [-0.2, -0.15) is 0 Å². The molecule has 27 heavy (non-hydrogen) atoms. The Morgan fingerprint density at radius 2 is 1.59 bits per heavy atom. The highest BCUT2D eigenvalue weighted by Crippen LogP contribution is 2.10. The van der Waals surface area contributed by atoms with Crippen molar-refractivity contribution in [3.63, 3.8) is 0 Å². The fourth-order valence-corrected chi connectivity index (χ4v) is 3.36. The van der Waals surface area contributed by atoms with Gasteiger partial charge in [-0.15, -0.1) is 0 Å². The molecule has 0 unspecified atom stereocenters. The summed E-state index contributed by atoms with van der Waals surface area (Å²) in [6.07, 6.45) is 1.22. The van der Waals surface area contributed by atoms with Gasteiger partial charge in [0.25, 0.3) is 0 Å². The van der Waals surface area contributed by atoms with Crippen LogP contribution in [0, 0.1) is 6.92 Å². The number of hydrogen-bond acceptors (Lipinski definition) is 2. The maximum atomic E-state index is 12.6. The summed E-state index contributed by atoms with van der Waals surface area (Å²) in [6, 6.07) is 17.9. The molecule has 0 atom stereocenters. The molecule has 0 aromatic heterocycles. The van der Waals surface area contributed by atoms with E-state index < -0.39 is 0 Å². The van der Waals surface area contributed by atoms with Crippen molar-refractivity contribution in [1.82, 2.24) is 15.1 Å². The molecule has 3 rings (SSSR count). The first-order valence-electron chi connectivity index (χ1n) is 9.52. The average Bonchev–Trinajstić information content (AvgIpc) is 2.93. The third-order valence-electron chi connectivity index (χ3n) is 4.86. The van der Waals surface area contributed by atoms with Crippen molar-refractivity contribution >= 4 is 11.9 Å². The van der Waals surface area contributed by atoms with Gasteiger partial charge in [0.15, 0.2) is 0 Å². The van der Waals surface area contributed by atoms with Gasteiger partial charge < -0.3 is 15.1 Å². The highest BCUT2D eigenvalue weighted by Gasteiger charge is 2.22. The fraction of sp³-hybridized carbons (Fsp3) is 0.364. The molecule has 2 aromatic carbocycles. The van der Waals surface area contributed by atoms with Crippen LogP contribution in [0.1, 0.15) is 23.1 Å². The molecule has 1 aliphatic heterocycles. The molecule has 142 valence electrons. The van der Waals surface area contributed by atoms with Gasteiger partial charge in [0.05, 0.1) is 6.42 Å². The molecule has 0 saturated carbocycles. The smallest absolute Gasteiger partial charge is 0.317 e. The predicted octanol–water partition coefficient (Wildman–Crippen LogP) is 2.98. The number of carbonyl (C=O) groups excluding carboxylic acids is 2. The lowest BCUT2D eigenvalue weighted by atomic mass is 10.1. The number of nitrogens with one attached hydrogen (secondary N) is 1. The summed E-state index contributed by atoms with van der Waals surface area (Å²) in [4.78, 5) is 28.8. The minimum atomic E-state index is -0.0631. The Balaban J connectivity index is 1.49. The van der Waals surface area contributed by atoms with Gasteiger partial charge in [-0.3, -0.25) is 4.79 Å². The summed E-state index contributed by atoms with van der Waals surface area (Å²) in [7, 11) is 0. The third kappa shape index (κ3) is 5.58. The number of amides is 3. The zero-order chi connectivity index (χ0) is 19.1. The molecule has 0 radical (unpaired) electrons. The number of rotatable bonds is 4. The predicted molar refractivity (Wildman–Crippen MR) is 106 cm³/mol. The van der Waals surface area contributed by atoms with E-state index in [1.54, 1.807) is 0 Å². The molecule has 0 bridgehead atoms. The van der Waals surface area contributed by atoms with Crippen molar-refractivity contribution in [2.75, 3.05) is 26.2 Å². The Bertz CT molecular complexity index is 776. The van der Waals surface area contributed by atoms with Crippen LogP contribution in [0.3, 0.4) is 0 Å². The van der Waals surface area contributed by atoms with Crippen molar-refractivity contribution in [3.8, 4) is 0 Å². The molecule has 0 aliphatic carbocycles. The van der Waals surface area contributed by atoms with Gasteiger partial charge >= 0.3 is 6.03 Å². The minimum absolute atomic E-state index is 0.0631. The average molecular weight is 365 g/mol. The number of benzene rings is 2. The number of aryl methyl sites for hydroxylation is 1. The molecule has 1 heterocycles. The Labute approximate surface area is 161 Å². The Kier molecular flexibility index (Phi) is 6.47. The van der Waals surface area contributed by atoms with Crippen LogP contribution in [0.5, 0.6) is 0 Å². The molecular weight excluding hydrogens is 338 g/mol. The van der Waals surface area contributed by atoms with Crippen molar-refractivity contribution in [2.24, 2.45) is 0 Å². The highest BCUT2D eigenvalue weighted by atomic mass is 16.2. The minimum Gasteiger partial charge on any atom is -0.341 e. The highest BCUT2D eigenvalue weighted by molar-refractivity contribution is 5.79. The zero-order valence-electron chi connectivity index (χ0n) is 15.9. The quantitative estimate of drug-likeness (QED) is 0.906. The summed E-state index contributed by atoms with van der Waals surface area (Å²) in [5.41, 5.74) is 3.29. The molecule has 1 fully saturated rings. The standard InChI is InChI=1S/C22H27N3O2/c1-18-7-5-10-20(15-18)16-21(26)24-11-6-12-25(14-13-24)22(27)23-17-19-8-3-2-4-9-19/h2-5,7-10,15H,6,11-14,16-17H2,1H3,(H,23,27). The summed E-state index contributed by atoms with van der Waals surface area (Å²) >= 11 is 0. The summed E-state index contributed by atoms with van der Waals surface area (Å²) in [5.74, 6) is 0.132. The summed E-state index contributed by atoms with van der Waals surface area (Å²) < 4.78 is 0. The van der Waals surface area contributed by atoms with Gasteiger partial charge in [-0.1, -0.05) is 60.2 Å². The maximum Gasteiger partial charge on any atom is 0.317 e. The monoisotopic (exact) mass is 365 g/mol. The van der Waals surface area contributed by atoms with Crippen LogP contribution in [0.2, 0.25) is 0 Å². The Morgan fingerprint density at radius 1 is 0.889 bits per heavy atom. The van der Waals surface area contributed by atoms with E-state index in [1.165, 1.54) is 0 Å². The largest absolute Gasteiger partial charge is 0.341 e. The van der Waals surface area contributed by atoms with E-state index in [0.717, 1.165) is 23.1 Å². The van der Waals surface area contributed by atoms with Gasteiger partial charge in [0.2, 0.25) is 5.91 Å². The van der Waals surface area contributed by atoms with E-state index in [4.69, 9.17) is 0 Å². The molecule has 2 aromatic rings. The first kappa shape index (κ1) is 19.0. The van der Waals surface area contributed by atoms with E-state index >= 15 is 0 Å². The van der Waals surface area contributed by atoms with Gasteiger partial charge in [0, 0.05) is 32.7 Å². The molecule has 0 spiro atoms. The van der Waals surface area contributed by atoms with E-state index in [-0.39, 0.29) is 11.9 Å². The molecule has 5 heteroatoms. The normalized spacial score (nSPS) is 14.6. The number of carbonyl (C=O) groups is 2. The van der Waals surface area contributed by atoms with E-state index in [0.29, 0.717) is 39.1 Å². The van der Waals surface area contributed by atoms with Gasteiger partial charge in [-0.25, -0.2) is 4.79 Å². The zero-order valence-corrected chi connectivity index (χ0v) is 15.9. The van der Waals surface area contributed by atoms with Crippen LogP contribution in [0.15, 0.2) is 54.6 Å². The van der Waals surface area contributed by atoms with Crippen LogP contribution in [-0.2, 0) is 17.8 Å². The van der Waals surface area contributed by atoms with Crippen molar-refractivity contribution in [2.45, 2.75) is 26.3 Å². The van der Waals surface area contributed by atoms with Crippen molar-refractivity contribution < 1.29 is 9.59 Å². The van der Waals surface area contributed by atoms with Crippen LogP contribution >= 0.6 is 0 Å².